The third-order valence-electron chi connectivity index (χ3n) is 3.38. The molecule has 0 amide bonds. The molecule has 0 atom stereocenters. The molecule has 0 unspecified atom stereocenters. The molecule has 0 N–H and O–H groups in total. The van der Waals surface area contributed by atoms with E-state index in [-0.39, 0.29) is 5.63 Å². The summed E-state index contributed by atoms with van der Waals surface area (Å²) in [5.74, 6) is 0.638. The highest BCUT2D eigenvalue weighted by Crippen LogP contribution is 2.23. The van der Waals surface area contributed by atoms with Crippen molar-refractivity contribution >= 4 is 22.6 Å². The van der Waals surface area contributed by atoms with E-state index in [2.05, 4.69) is 4.98 Å². The Kier molecular flexibility index (Phi) is 4.11. The van der Waals surface area contributed by atoms with Crippen LogP contribution in [0.5, 0.6) is 5.75 Å². The molecule has 1 aromatic carbocycles. The fourth-order valence-electron chi connectivity index (χ4n) is 2.25. The van der Waals surface area contributed by atoms with Crippen LogP contribution in [0.25, 0.3) is 11.0 Å². The number of aromatic nitrogens is 1. The van der Waals surface area contributed by atoms with Gasteiger partial charge in [-0.25, -0.2) is 9.78 Å². The average molecular weight is 316 g/mol. The minimum atomic E-state index is -0.344. The van der Waals surface area contributed by atoms with Gasteiger partial charge in [-0.15, -0.1) is 0 Å². The van der Waals surface area contributed by atoms with Gasteiger partial charge in [0.2, 0.25) is 0 Å². The summed E-state index contributed by atoms with van der Waals surface area (Å²) in [5, 5.41) is 1.38. The predicted molar refractivity (Wildman–Crippen MR) is 85.4 cm³/mol. The Balaban J connectivity index is 1.85. The quantitative estimate of drug-likeness (QED) is 0.540. The van der Waals surface area contributed by atoms with Crippen LogP contribution < -0.4 is 10.4 Å². The smallest absolute Gasteiger partial charge is 0.336 e. The topological polar surface area (TPSA) is 52.3 Å². The summed E-state index contributed by atoms with van der Waals surface area (Å²) in [4.78, 5) is 15.6. The molecule has 2 heterocycles. The van der Waals surface area contributed by atoms with Crippen molar-refractivity contribution in [3.63, 3.8) is 0 Å². The lowest BCUT2D eigenvalue weighted by molar-refractivity contribution is 0.305. The monoisotopic (exact) mass is 315 g/mol. The first-order valence-electron chi connectivity index (χ1n) is 6.95. The van der Waals surface area contributed by atoms with E-state index in [1.807, 2.05) is 25.1 Å². The molecule has 3 rings (SSSR count). The van der Waals surface area contributed by atoms with E-state index in [0.29, 0.717) is 23.1 Å². The lowest BCUT2D eigenvalue weighted by Gasteiger charge is -2.08. The van der Waals surface area contributed by atoms with E-state index < -0.39 is 0 Å². The number of hydrogen-bond acceptors (Lipinski definition) is 4. The summed E-state index contributed by atoms with van der Waals surface area (Å²) in [7, 11) is 0. The molecule has 0 aliphatic heterocycles. The van der Waals surface area contributed by atoms with Gasteiger partial charge in [0, 0.05) is 29.3 Å². The molecule has 5 heteroatoms. The van der Waals surface area contributed by atoms with E-state index in [4.69, 9.17) is 20.8 Å². The number of fused-ring (bicyclic) bond motifs is 1. The molecule has 4 nitrogen and oxygen atoms in total. The maximum Gasteiger partial charge on any atom is 0.336 e. The van der Waals surface area contributed by atoms with Crippen LogP contribution in [-0.4, -0.2) is 4.98 Å². The van der Waals surface area contributed by atoms with E-state index in [1.165, 1.54) is 6.07 Å². The number of benzene rings is 1. The molecule has 0 aliphatic rings. The van der Waals surface area contributed by atoms with Crippen molar-refractivity contribution in [1.29, 1.82) is 0 Å². The van der Waals surface area contributed by atoms with Gasteiger partial charge in [-0.05, 0) is 30.2 Å². The zero-order chi connectivity index (χ0) is 15.5. The standard InChI is InChI=1S/C17H14ClNO3/c1-2-12-7-17(20)22-15-8-13(4-5-14(12)15)21-10-11-3-6-16(18)19-9-11/h3-9H,2,10H2,1H3. The number of rotatable bonds is 4. The Morgan fingerprint density at radius 3 is 2.82 bits per heavy atom. The van der Waals surface area contributed by atoms with Crippen LogP contribution in [0.1, 0.15) is 18.1 Å². The van der Waals surface area contributed by atoms with Crippen molar-refractivity contribution in [2.24, 2.45) is 0 Å². The van der Waals surface area contributed by atoms with Gasteiger partial charge in [-0.3, -0.25) is 0 Å². The second-order valence-corrected chi connectivity index (χ2v) is 5.27. The SMILES string of the molecule is CCc1cc(=O)oc2cc(OCc3ccc(Cl)nc3)ccc12. The van der Waals surface area contributed by atoms with E-state index in [1.54, 1.807) is 18.3 Å². The van der Waals surface area contributed by atoms with Crippen LogP contribution in [0.3, 0.4) is 0 Å². The average Bonchev–Trinajstić information content (AvgIpc) is 2.53. The van der Waals surface area contributed by atoms with Crippen molar-refractivity contribution < 1.29 is 9.15 Å². The van der Waals surface area contributed by atoms with Gasteiger partial charge in [0.15, 0.2) is 0 Å². The largest absolute Gasteiger partial charge is 0.489 e. The van der Waals surface area contributed by atoms with Crippen molar-refractivity contribution in [3.8, 4) is 5.75 Å². The highest BCUT2D eigenvalue weighted by Gasteiger charge is 2.06. The summed E-state index contributed by atoms with van der Waals surface area (Å²) in [5.41, 5.74) is 2.08. The van der Waals surface area contributed by atoms with Crippen LogP contribution in [0.2, 0.25) is 5.15 Å². The Morgan fingerprint density at radius 2 is 2.09 bits per heavy atom. The Morgan fingerprint density at radius 1 is 1.23 bits per heavy atom. The molecule has 2 aromatic heterocycles. The fraction of sp³-hybridized carbons (Fsp3) is 0.176. The number of aryl methyl sites for hydroxylation is 1. The second kappa shape index (κ2) is 6.20. The van der Waals surface area contributed by atoms with E-state index in [0.717, 1.165) is 22.9 Å². The first kappa shape index (κ1) is 14.6. The summed E-state index contributed by atoms with van der Waals surface area (Å²) < 4.78 is 11.0. The molecule has 0 spiro atoms. The zero-order valence-electron chi connectivity index (χ0n) is 12.0. The maximum absolute atomic E-state index is 11.6. The van der Waals surface area contributed by atoms with Crippen molar-refractivity contribution in [2.45, 2.75) is 20.0 Å². The maximum atomic E-state index is 11.6. The molecule has 0 radical (unpaired) electrons. The van der Waals surface area contributed by atoms with Gasteiger partial charge in [0.05, 0.1) is 0 Å². The zero-order valence-corrected chi connectivity index (χ0v) is 12.8. The molecule has 0 aliphatic carbocycles. The number of nitrogens with zero attached hydrogens (tertiary/aromatic N) is 1. The minimum Gasteiger partial charge on any atom is -0.489 e. The number of halogens is 1. The molecule has 0 bridgehead atoms. The van der Waals surface area contributed by atoms with Crippen LogP contribution in [-0.2, 0) is 13.0 Å². The van der Waals surface area contributed by atoms with Crippen LogP contribution in [0.4, 0.5) is 0 Å². The molecular weight excluding hydrogens is 302 g/mol. The molecule has 22 heavy (non-hydrogen) atoms. The third kappa shape index (κ3) is 3.12. The molecule has 0 fully saturated rings. The van der Waals surface area contributed by atoms with Crippen molar-refractivity contribution in [1.82, 2.24) is 4.98 Å². The van der Waals surface area contributed by atoms with Crippen molar-refractivity contribution in [3.05, 3.63) is 69.3 Å². The lowest BCUT2D eigenvalue weighted by Crippen LogP contribution is -2.00. The van der Waals surface area contributed by atoms with Crippen LogP contribution in [0.15, 0.2) is 51.8 Å². The number of hydrogen-bond donors (Lipinski definition) is 0. The van der Waals surface area contributed by atoms with E-state index >= 15 is 0 Å². The first-order chi connectivity index (χ1) is 10.7. The fourth-order valence-corrected chi connectivity index (χ4v) is 2.36. The minimum absolute atomic E-state index is 0.344. The number of ether oxygens (including phenoxy) is 1. The third-order valence-corrected chi connectivity index (χ3v) is 3.60. The second-order valence-electron chi connectivity index (χ2n) is 4.88. The van der Waals surface area contributed by atoms with Crippen molar-refractivity contribution in [2.75, 3.05) is 0 Å². The van der Waals surface area contributed by atoms with E-state index in [9.17, 15) is 4.79 Å². The molecule has 0 saturated heterocycles. The number of pyridine rings is 1. The Hall–Kier alpha value is -2.33. The molecular formula is C17H14ClNO3. The predicted octanol–water partition coefficient (Wildman–Crippen LogP) is 3.98. The normalized spacial score (nSPS) is 10.8. The first-order valence-corrected chi connectivity index (χ1v) is 7.33. The van der Waals surface area contributed by atoms with Crippen LogP contribution in [0, 0.1) is 0 Å². The summed E-state index contributed by atoms with van der Waals surface area (Å²) >= 11 is 5.74. The van der Waals surface area contributed by atoms with Gasteiger partial charge in [-0.2, -0.15) is 0 Å². The highest BCUT2D eigenvalue weighted by atomic mass is 35.5. The van der Waals surface area contributed by atoms with Gasteiger partial charge in [0.25, 0.3) is 0 Å². The Labute approximate surface area is 132 Å². The lowest BCUT2D eigenvalue weighted by atomic mass is 10.1. The van der Waals surface area contributed by atoms with Gasteiger partial charge < -0.3 is 9.15 Å². The summed E-state index contributed by atoms with van der Waals surface area (Å²) in [6.07, 6.45) is 2.44. The molecule has 112 valence electrons. The summed E-state index contributed by atoms with van der Waals surface area (Å²) in [6.45, 7) is 2.37. The van der Waals surface area contributed by atoms with Gasteiger partial charge in [-0.1, -0.05) is 24.6 Å². The van der Waals surface area contributed by atoms with Gasteiger partial charge in [0.1, 0.15) is 23.1 Å². The summed E-state index contributed by atoms with van der Waals surface area (Å²) in [6, 6.07) is 10.6. The molecule has 3 aromatic rings. The highest BCUT2D eigenvalue weighted by molar-refractivity contribution is 6.29. The molecule has 0 saturated carbocycles. The Bertz CT molecular complexity index is 856. The van der Waals surface area contributed by atoms with Gasteiger partial charge >= 0.3 is 5.63 Å². The van der Waals surface area contributed by atoms with Crippen LogP contribution >= 0.6 is 11.6 Å².